The van der Waals surface area contributed by atoms with E-state index in [1.165, 1.54) is 6.42 Å². The van der Waals surface area contributed by atoms with Crippen LogP contribution in [-0.2, 0) is 4.74 Å². The van der Waals surface area contributed by atoms with Crippen molar-refractivity contribution in [3.8, 4) is 0 Å². The molecular weight excluding hydrogens is 152 g/mol. The van der Waals surface area contributed by atoms with Crippen LogP contribution in [0.2, 0.25) is 0 Å². The van der Waals surface area contributed by atoms with Crippen LogP contribution >= 0.6 is 0 Å². The Balaban J connectivity index is 3.04. The highest BCUT2D eigenvalue weighted by Gasteiger charge is 1.96. The van der Waals surface area contributed by atoms with E-state index in [4.69, 9.17) is 4.74 Å². The molecular formula is C9H22N2O. The van der Waals surface area contributed by atoms with Gasteiger partial charge >= 0.3 is 0 Å². The first kappa shape index (κ1) is 11.9. The maximum absolute atomic E-state index is 5.25. The van der Waals surface area contributed by atoms with E-state index >= 15 is 0 Å². The van der Waals surface area contributed by atoms with Gasteiger partial charge in [-0.25, -0.2) is 0 Å². The number of ether oxygens (including phenoxy) is 1. The molecule has 3 nitrogen and oxygen atoms in total. The van der Waals surface area contributed by atoms with Crippen molar-refractivity contribution in [2.24, 2.45) is 0 Å². The number of nitrogens with zero attached hydrogens (tertiary/aromatic N) is 1. The molecule has 3 heteroatoms. The normalized spacial score (nSPS) is 11.0. The van der Waals surface area contributed by atoms with Gasteiger partial charge in [0.15, 0.2) is 0 Å². The van der Waals surface area contributed by atoms with Crippen LogP contribution < -0.4 is 5.32 Å². The lowest BCUT2D eigenvalue weighted by molar-refractivity contribution is 0.122. The highest BCUT2D eigenvalue weighted by molar-refractivity contribution is 4.51. The molecule has 0 fully saturated rings. The number of hydrogen-bond donors (Lipinski definition) is 1. The van der Waals surface area contributed by atoms with Crippen molar-refractivity contribution in [1.82, 2.24) is 10.2 Å². The predicted octanol–water partition coefficient (Wildman–Crippen LogP) is 0.564. The molecule has 0 unspecified atom stereocenters. The van der Waals surface area contributed by atoms with Gasteiger partial charge in [0, 0.05) is 13.2 Å². The summed E-state index contributed by atoms with van der Waals surface area (Å²) in [4.78, 5) is 2.30. The van der Waals surface area contributed by atoms with E-state index in [2.05, 4.69) is 17.3 Å². The molecule has 0 bridgehead atoms. The summed E-state index contributed by atoms with van der Waals surface area (Å²) in [7, 11) is 4.12. The molecule has 0 rings (SSSR count). The topological polar surface area (TPSA) is 24.5 Å². The van der Waals surface area contributed by atoms with E-state index in [1.54, 1.807) is 0 Å². The molecule has 1 N–H and O–H groups in total. The smallest absolute Gasteiger partial charge is 0.0593 e. The largest absolute Gasteiger partial charge is 0.380 e. The van der Waals surface area contributed by atoms with Crippen molar-refractivity contribution in [1.29, 1.82) is 0 Å². The van der Waals surface area contributed by atoms with Crippen molar-refractivity contribution in [2.75, 3.05) is 46.9 Å². The van der Waals surface area contributed by atoms with Crippen LogP contribution in [0.1, 0.15) is 13.3 Å². The molecule has 0 saturated carbocycles. The third kappa shape index (κ3) is 7.98. The first-order chi connectivity index (χ1) is 5.81. The number of nitrogens with one attached hydrogen (secondary N) is 1. The molecule has 0 aliphatic rings. The fraction of sp³-hybridized carbons (Fsp3) is 1.00. The second kappa shape index (κ2) is 8.97. The van der Waals surface area contributed by atoms with Gasteiger partial charge in [-0.2, -0.15) is 0 Å². The molecule has 0 heterocycles. The Morgan fingerprint density at radius 1 is 1.33 bits per heavy atom. The molecule has 0 saturated heterocycles. The summed E-state index contributed by atoms with van der Waals surface area (Å²) >= 11 is 0. The lowest BCUT2D eigenvalue weighted by Gasteiger charge is -2.15. The minimum absolute atomic E-state index is 0.824. The van der Waals surface area contributed by atoms with E-state index in [0.717, 1.165) is 32.8 Å². The maximum atomic E-state index is 5.25. The minimum Gasteiger partial charge on any atom is -0.380 e. The first-order valence-corrected chi connectivity index (χ1v) is 4.72. The summed E-state index contributed by atoms with van der Waals surface area (Å²) < 4.78 is 5.25. The molecule has 0 aromatic heterocycles. The van der Waals surface area contributed by atoms with E-state index in [-0.39, 0.29) is 0 Å². The highest BCUT2D eigenvalue weighted by atomic mass is 16.5. The van der Waals surface area contributed by atoms with Crippen LogP contribution in [0.5, 0.6) is 0 Å². The number of rotatable bonds is 8. The zero-order valence-corrected chi connectivity index (χ0v) is 8.60. The Bertz CT molecular complexity index is 78.6. The highest BCUT2D eigenvalue weighted by Crippen LogP contribution is 1.86. The standard InChI is InChI=1S/C9H22N2O/c1-4-12-9-8-11(3)7-5-6-10-2/h10H,4-9H2,1-3H3. The van der Waals surface area contributed by atoms with Crippen LogP contribution in [0.4, 0.5) is 0 Å². The van der Waals surface area contributed by atoms with Crippen molar-refractivity contribution >= 4 is 0 Å². The third-order valence-corrected chi connectivity index (χ3v) is 1.79. The fourth-order valence-electron chi connectivity index (χ4n) is 1.00. The first-order valence-electron chi connectivity index (χ1n) is 4.72. The van der Waals surface area contributed by atoms with Crippen LogP contribution in [0.25, 0.3) is 0 Å². The number of likely N-dealkylation sites (N-methyl/N-ethyl adjacent to an activating group) is 1. The third-order valence-electron chi connectivity index (χ3n) is 1.79. The Morgan fingerprint density at radius 3 is 2.67 bits per heavy atom. The van der Waals surface area contributed by atoms with E-state index < -0.39 is 0 Å². The van der Waals surface area contributed by atoms with Gasteiger partial charge in [-0.15, -0.1) is 0 Å². The average Bonchev–Trinajstić information content (AvgIpc) is 2.06. The Hall–Kier alpha value is -0.120. The van der Waals surface area contributed by atoms with E-state index in [1.807, 2.05) is 14.0 Å². The van der Waals surface area contributed by atoms with Gasteiger partial charge in [-0.1, -0.05) is 0 Å². The summed E-state index contributed by atoms with van der Waals surface area (Å²) in [6.45, 7) is 6.99. The molecule has 0 aliphatic heterocycles. The van der Waals surface area contributed by atoms with Crippen LogP contribution in [-0.4, -0.2) is 51.8 Å². The maximum Gasteiger partial charge on any atom is 0.0593 e. The van der Waals surface area contributed by atoms with Crippen molar-refractivity contribution in [3.63, 3.8) is 0 Å². The molecule has 0 aromatic rings. The molecule has 12 heavy (non-hydrogen) atoms. The summed E-state index contributed by atoms with van der Waals surface area (Å²) in [6.07, 6.45) is 1.21. The quantitative estimate of drug-likeness (QED) is 0.544. The summed E-state index contributed by atoms with van der Waals surface area (Å²) in [5, 5.41) is 3.13. The molecule has 74 valence electrons. The molecule has 0 aliphatic carbocycles. The van der Waals surface area contributed by atoms with Gasteiger partial charge in [-0.05, 0) is 40.5 Å². The SMILES string of the molecule is CCOCCN(C)CCCNC. The zero-order chi connectivity index (χ0) is 9.23. The predicted molar refractivity (Wildman–Crippen MR) is 52.5 cm³/mol. The minimum atomic E-state index is 0.824. The van der Waals surface area contributed by atoms with E-state index in [0.29, 0.717) is 0 Å². The summed E-state index contributed by atoms with van der Waals surface area (Å²) in [5.41, 5.74) is 0. The van der Waals surface area contributed by atoms with Crippen molar-refractivity contribution < 1.29 is 4.74 Å². The van der Waals surface area contributed by atoms with Gasteiger partial charge in [0.1, 0.15) is 0 Å². The summed E-state index contributed by atoms with van der Waals surface area (Å²) in [5.74, 6) is 0. The molecule has 0 radical (unpaired) electrons. The van der Waals surface area contributed by atoms with Gasteiger partial charge < -0.3 is 15.0 Å². The molecule has 0 spiro atoms. The van der Waals surface area contributed by atoms with E-state index in [9.17, 15) is 0 Å². The fourth-order valence-corrected chi connectivity index (χ4v) is 1.00. The Labute approximate surface area is 76.1 Å². The number of hydrogen-bond acceptors (Lipinski definition) is 3. The molecule has 0 atom stereocenters. The van der Waals surface area contributed by atoms with Gasteiger partial charge in [0.2, 0.25) is 0 Å². The van der Waals surface area contributed by atoms with Gasteiger partial charge in [0.05, 0.1) is 6.61 Å². The lowest BCUT2D eigenvalue weighted by atomic mass is 10.4. The summed E-state index contributed by atoms with van der Waals surface area (Å²) in [6, 6.07) is 0. The second-order valence-electron chi connectivity index (χ2n) is 2.96. The van der Waals surface area contributed by atoms with Crippen LogP contribution in [0.15, 0.2) is 0 Å². The zero-order valence-electron chi connectivity index (χ0n) is 8.60. The van der Waals surface area contributed by atoms with Crippen molar-refractivity contribution in [3.05, 3.63) is 0 Å². The molecule has 0 aromatic carbocycles. The molecule has 0 amide bonds. The van der Waals surface area contributed by atoms with Crippen LogP contribution in [0, 0.1) is 0 Å². The monoisotopic (exact) mass is 174 g/mol. The van der Waals surface area contributed by atoms with Gasteiger partial charge in [0.25, 0.3) is 0 Å². The average molecular weight is 174 g/mol. The lowest BCUT2D eigenvalue weighted by Crippen LogP contribution is -2.26. The van der Waals surface area contributed by atoms with Gasteiger partial charge in [-0.3, -0.25) is 0 Å². The Morgan fingerprint density at radius 2 is 2.08 bits per heavy atom. The van der Waals surface area contributed by atoms with Crippen LogP contribution in [0.3, 0.4) is 0 Å². The van der Waals surface area contributed by atoms with Crippen molar-refractivity contribution in [2.45, 2.75) is 13.3 Å². The second-order valence-corrected chi connectivity index (χ2v) is 2.96. The Kier molecular flexibility index (Phi) is 8.88.